The largest absolute Gasteiger partial charge is 0.466 e. The quantitative estimate of drug-likeness (QED) is 0.287. The summed E-state index contributed by atoms with van der Waals surface area (Å²) in [7, 11) is 1.59. The van der Waals surface area contributed by atoms with E-state index in [0.717, 1.165) is 37.7 Å². The molecule has 2 heterocycles. The van der Waals surface area contributed by atoms with E-state index in [-0.39, 0.29) is 19.1 Å². The van der Waals surface area contributed by atoms with Crippen molar-refractivity contribution in [1.29, 1.82) is 0 Å². The molecule has 0 aliphatic carbocycles. The van der Waals surface area contributed by atoms with Gasteiger partial charge in [0.25, 0.3) is 0 Å². The van der Waals surface area contributed by atoms with Gasteiger partial charge in [-0.15, -0.1) is 0 Å². The number of nitrogens with one attached hydrogen (secondary N) is 1. The summed E-state index contributed by atoms with van der Waals surface area (Å²) in [5, 5.41) is 3.03. The van der Waals surface area contributed by atoms with Gasteiger partial charge in [-0.3, -0.25) is 4.79 Å². The van der Waals surface area contributed by atoms with Crippen LogP contribution in [0.4, 0.5) is 4.79 Å². The number of fused-ring (bicyclic) bond motifs is 1. The zero-order valence-electron chi connectivity index (χ0n) is 22.9. The Bertz CT molecular complexity index is 850. The number of rotatable bonds is 14. The van der Waals surface area contributed by atoms with Crippen LogP contribution in [0.2, 0.25) is 0 Å². The van der Waals surface area contributed by atoms with Crippen LogP contribution < -0.4 is 5.32 Å². The maximum absolute atomic E-state index is 13.6. The topological polar surface area (TPSA) is 95.6 Å². The third kappa shape index (κ3) is 8.14. The summed E-state index contributed by atoms with van der Waals surface area (Å²) in [6, 6.07) is 8.86. The molecule has 9 heteroatoms. The highest BCUT2D eigenvalue weighted by Gasteiger charge is 2.58. The lowest BCUT2D eigenvalue weighted by molar-refractivity contribution is -0.223. The summed E-state index contributed by atoms with van der Waals surface area (Å²) in [5.41, 5.74) is 0.992. The molecule has 1 unspecified atom stereocenters. The maximum Gasteiger partial charge on any atom is 0.318 e. The van der Waals surface area contributed by atoms with Crippen LogP contribution in [0, 0.1) is 0 Å². The van der Waals surface area contributed by atoms with Gasteiger partial charge < -0.3 is 33.9 Å². The Balaban J connectivity index is 1.83. The fraction of sp³-hybridized carbons (Fsp3) is 0.714. The summed E-state index contributed by atoms with van der Waals surface area (Å²) >= 11 is 0. The van der Waals surface area contributed by atoms with Gasteiger partial charge in [0.2, 0.25) is 0 Å². The summed E-state index contributed by atoms with van der Waals surface area (Å²) in [6.07, 6.45) is 2.92. The lowest BCUT2D eigenvalue weighted by Gasteiger charge is -2.37. The predicted octanol–water partition coefficient (Wildman–Crippen LogP) is 4.38. The van der Waals surface area contributed by atoms with Crippen molar-refractivity contribution in [2.75, 3.05) is 20.3 Å². The number of hydrogen-bond donors (Lipinski definition) is 1. The maximum atomic E-state index is 13.6. The molecule has 2 aliphatic rings. The number of amides is 2. The fourth-order valence-electron chi connectivity index (χ4n) is 5.06. The van der Waals surface area contributed by atoms with Crippen molar-refractivity contribution in [3.63, 3.8) is 0 Å². The Labute approximate surface area is 221 Å². The van der Waals surface area contributed by atoms with Crippen molar-refractivity contribution in [2.24, 2.45) is 0 Å². The lowest BCUT2D eigenvalue weighted by Crippen LogP contribution is -2.55. The third-order valence-corrected chi connectivity index (χ3v) is 6.81. The second-order valence-corrected chi connectivity index (χ2v) is 10.1. The van der Waals surface area contributed by atoms with Crippen LogP contribution in [0.5, 0.6) is 0 Å². The number of nitrogens with zero attached hydrogens (tertiary/aromatic N) is 1. The van der Waals surface area contributed by atoms with Crippen molar-refractivity contribution < 1.29 is 33.3 Å². The van der Waals surface area contributed by atoms with E-state index in [2.05, 4.69) is 12.2 Å². The molecule has 5 atom stereocenters. The van der Waals surface area contributed by atoms with Crippen molar-refractivity contribution in [1.82, 2.24) is 10.2 Å². The Kier molecular flexibility index (Phi) is 11.2. The number of carbonyl (C=O) groups is 2. The van der Waals surface area contributed by atoms with Crippen LogP contribution in [0.15, 0.2) is 30.3 Å². The Morgan fingerprint density at radius 1 is 1.08 bits per heavy atom. The van der Waals surface area contributed by atoms with E-state index >= 15 is 0 Å². The van der Waals surface area contributed by atoms with Gasteiger partial charge in [0.15, 0.2) is 12.1 Å². The van der Waals surface area contributed by atoms with Crippen LogP contribution in [0.1, 0.15) is 71.8 Å². The molecule has 0 saturated carbocycles. The van der Waals surface area contributed by atoms with E-state index in [0.29, 0.717) is 13.1 Å². The molecule has 0 spiro atoms. The number of benzene rings is 1. The minimum atomic E-state index is -0.806. The summed E-state index contributed by atoms with van der Waals surface area (Å²) in [6.45, 7) is 8.70. The molecule has 37 heavy (non-hydrogen) atoms. The first kappa shape index (κ1) is 29.4. The molecule has 1 N–H and O–H groups in total. The number of ether oxygens (including phenoxy) is 5. The molecular formula is C28H44N2O7. The lowest BCUT2D eigenvalue weighted by atomic mass is 9.98. The first-order valence-corrected chi connectivity index (χ1v) is 13.6. The van der Waals surface area contributed by atoms with Crippen LogP contribution in [0.25, 0.3) is 0 Å². The average Bonchev–Trinajstić information content (AvgIpc) is 3.35. The molecule has 9 nitrogen and oxygen atoms in total. The minimum Gasteiger partial charge on any atom is -0.466 e. The number of urea groups is 1. The van der Waals surface area contributed by atoms with E-state index in [1.165, 1.54) is 0 Å². The third-order valence-electron chi connectivity index (χ3n) is 6.81. The molecule has 0 aromatic heterocycles. The summed E-state index contributed by atoms with van der Waals surface area (Å²) < 4.78 is 29.4. The molecular weight excluding hydrogens is 476 g/mol. The molecule has 2 fully saturated rings. The summed E-state index contributed by atoms with van der Waals surface area (Å²) in [4.78, 5) is 28.1. The van der Waals surface area contributed by atoms with Crippen LogP contribution in [-0.2, 0) is 35.0 Å². The van der Waals surface area contributed by atoms with E-state index in [4.69, 9.17) is 23.7 Å². The predicted molar refractivity (Wildman–Crippen MR) is 139 cm³/mol. The number of esters is 1. The van der Waals surface area contributed by atoms with Crippen LogP contribution in [0.3, 0.4) is 0 Å². The smallest absolute Gasteiger partial charge is 0.318 e. The average molecular weight is 521 g/mol. The molecule has 2 saturated heterocycles. The first-order chi connectivity index (χ1) is 17.8. The number of unbranched alkanes of at least 4 members (excludes halogenated alkanes) is 4. The van der Waals surface area contributed by atoms with E-state index in [1.807, 2.05) is 44.2 Å². The second kappa shape index (κ2) is 14.1. The van der Waals surface area contributed by atoms with E-state index in [1.54, 1.807) is 18.9 Å². The van der Waals surface area contributed by atoms with E-state index < -0.39 is 42.4 Å². The van der Waals surface area contributed by atoms with Crippen molar-refractivity contribution >= 4 is 12.0 Å². The van der Waals surface area contributed by atoms with Crippen molar-refractivity contribution in [3.05, 3.63) is 35.9 Å². The van der Waals surface area contributed by atoms with Gasteiger partial charge in [0, 0.05) is 20.2 Å². The van der Waals surface area contributed by atoms with Crippen molar-refractivity contribution in [2.45, 2.75) is 109 Å². The zero-order chi connectivity index (χ0) is 26.8. The minimum absolute atomic E-state index is 0.0189. The van der Waals surface area contributed by atoms with Crippen LogP contribution >= 0.6 is 0 Å². The Morgan fingerprint density at radius 3 is 2.49 bits per heavy atom. The zero-order valence-corrected chi connectivity index (χ0v) is 22.9. The second-order valence-electron chi connectivity index (χ2n) is 10.1. The van der Waals surface area contributed by atoms with Crippen LogP contribution in [-0.4, -0.2) is 73.6 Å². The first-order valence-electron chi connectivity index (χ1n) is 13.6. The Morgan fingerprint density at radius 2 is 1.81 bits per heavy atom. The van der Waals surface area contributed by atoms with Gasteiger partial charge in [-0.25, -0.2) is 4.79 Å². The molecule has 0 bridgehead atoms. The molecule has 1 aromatic carbocycles. The molecule has 2 amide bonds. The SMILES string of the molecule is CCCCCCCN(C(=O)NCc1ccccc1)[C@@H](CC(=O)OCC)C1O[C@@H]2OC(C)(C)O[C@@H]2[C@H]1OC. The highest BCUT2D eigenvalue weighted by Crippen LogP contribution is 2.40. The molecule has 2 aliphatic heterocycles. The number of methoxy groups -OCH3 is 1. The molecule has 208 valence electrons. The fourth-order valence-corrected chi connectivity index (χ4v) is 5.06. The monoisotopic (exact) mass is 520 g/mol. The van der Waals surface area contributed by atoms with Gasteiger partial charge >= 0.3 is 12.0 Å². The Hall–Kier alpha value is -2.20. The van der Waals surface area contributed by atoms with Gasteiger partial charge in [-0.05, 0) is 32.8 Å². The highest BCUT2D eigenvalue weighted by atomic mass is 16.8. The molecule has 0 radical (unpaired) electrons. The van der Waals surface area contributed by atoms with Gasteiger partial charge in [-0.2, -0.15) is 0 Å². The van der Waals surface area contributed by atoms with Gasteiger partial charge in [-0.1, -0.05) is 62.9 Å². The normalized spacial score (nSPS) is 24.9. The summed E-state index contributed by atoms with van der Waals surface area (Å²) in [5.74, 6) is -1.20. The standard InChI is InChI=1S/C28H44N2O7/c1-6-8-9-10-14-17-30(27(32)29-19-20-15-12-11-13-16-20)21(18-22(31)34-7-2)23-24(33-5)25-26(35-23)37-28(3,4)36-25/h11-13,15-16,21,23-26H,6-10,14,17-19H2,1-5H3,(H,29,32)/t21-,23?,24-,25+,26+/m0/s1. The van der Waals surface area contributed by atoms with Crippen molar-refractivity contribution in [3.8, 4) is 0 Å². The number of carbonyl (C=O) groups excluding carboxylic acids is 2. The highest BCUT2D eigenvalue weighted by molar-refractivity contribution is 5.76. The molecule has 1 aromatic rings. The van der Waals surface area contributed by atoms with Gasteiger partial charge in [0.05, 0.1) is 19.1 Å². The number of hydrogen-bond acceptors (Lipinski definition) is 7. The molecule has 3 rings (SSSR count). The van der Waals surface area contributed by atoms with E-state index in [9.17, 15) is 9.59 Å². The van der Waals surface area contributed by atoms with Gasteiger partial charge in [0.1, 0.15) is 18.3 Å².